The van der Waals surface area contributed by atoms with Gasteiger partial charge in [0, 0.05) is 34.5 Å². The van der Waals surface area contributed by atoms with E-state index in [2.05, 4.69) is 10.6 Å². The highest BCUT2D eigenvalue weighted by Gasteiger charge is 2.07. The zero-order valence-electron chi connectivity index (χ0n) is 11.1. The Labute approximate surface area is 115 Å². The van der Waals surface area contributed by atoms with Gasteiger partial charge in [-0.3, -0.25) is 9.00 Å². The molecular formula is C13H19FN2O2S. The van der Waals surface area contributed by atoms with Crippen LogP contribution in [0.4, 0.5) is 10.1 Å². The molecule has 4 nitrogen and oxygen atoms in total. The molecule has 1 aromatic carbocycles. The molecule has 0 heterocycles. The molecule has 6 heteroatoms. The van der Waals surface area contributed by atoms with E-state index in [1.54, 1.807) is 12.3 Å². The van der Waals surface area contributed by atoms with E-state index < -0.39 is 10.8 Å². The van der Waals surface area contributed by atoms with E-state index in [1.165, 1.54) is 18.2 Å². The molecule has 0 aliphatic carbocycles. The second kappa shape index (κ2) is 8.01. The van der Waals surface area contributed by atoms with Gasteiger partial charge in [-0.1, -0.05) is 6.07 Å². The Morgan fingerprint density at radius 3 is 2.84 bits per heavy atom. The van der Waals surface area contributed by atoms with Crippen LogP contribution in [0, 0.1) is 5.82 Å². The highest BCUT2D eigenvalue weighted by Crippen LogP contribution is 2.08. The van der Waals surface area contributed by atoms with Crippen LogP contribution in [0.5, 0.6) is 0 Å². The lowest BCUT2D eigenvalue weighted by atomic mass is 10.2. The molecule has 1 amide bonds. The predicted molar refractivity (Wildman–Crippen MR) is 76.0 cm³/mol. The minimum atomic E-state index is -0.817. The third kappa shape index (κ3) is 7.03. The van der Waals surface area contributed by atoms with Gasteiger partial charge in [-0.15, -0.1) is 0 Å². The summed E-state index contributed by atoms with van der Waals surface area (Å²) < 4.78 is 23.8. The lowest BCUT2D eigenvalue weighted by Gasteiger charge is -2.13. The third-order valence-electron chi connectivity index (χ3n) is 2.56. The lowest BCUT2D eigenvalue weighted by molar-refractivity contribution is -0.115. The first-order valence-corrected chi connectivity index (χ1v) is 7.79. The van der Waals surface area contributed by atoms with Gasteiger partial charge >= 0.3 is 0 Å². The van der Waals surface area contributed by atoms with Gasteiger partial charge in [0.15, 0.2) is 0 Å². The molecule has 0 aliphatic heterocycles. The first-order chi connectivity index (χ1) is 8.97. The molecule has 0 saturated carbocycles. The standard InChI is InChI=1S/C13H19FN2O2S/c1-10(6-7-19(2)18)15-9-13(17)16-12-5-3-4-11(14)8-12/h3-5,8,10,15H,6-7,9H2,1-2H3,(H,16,17). The van der Waals surface area contributed by atoms with Crippen molar-refractivity contribution < 1.29 is 13.4 Å². The summed E-state index contributed by atoms with van der Waals surface area (Å²) in [5.74, 6) is -0.000664. The fourth-order valence-corrected chi connectivity index (χ4v) is 2.17. The summed E-state index contributed by atoms with van der Waals surface area (Å²) in [4.78, 5) is 11.6. The Morgan fingerprint density at radius 1 is 1.47 bits per heavy atom. The fraction of sp³-hybridized carbons (Fsp3) is 0.462. The SMILES string of the molecule is CC(CCS(C)=O)NCC(=O)Nc1cccc(F)c1. The quantitative estimate of drug-likeness (QED) is 0.799. The van der Waals surface area contributed by atoms with E-state index in [0.29, 0.717) is 11.4 Å². The zero-order valence-corrected chi connectivity index (χ0v) is 11.9. The van der Waals surface area contributed by atoms with E-state index in [0.717, 1.165) is 6.42 Å². The van der Waals surface area contributed by atoms with Crippen LogP contribution in [0.2, 0.25) is 0 Å². The van der Waals surface area contributed by atoms with Gasteiger partial charge in [-0.25, -0.2) is 4.39 Å². The molecule has 0 aromatic heterocycles. The molecule has 2 unspecified atom stereocenters. The number of amides is 1. The Hall–Kier alpha value is -1.27. The van der Waals surface area contributed by atoms with Crippen molar-refractivity contribution in [2.45, 2.75) is 19.4 Å². The molecule has 0 aliphatic rings. The van der Waals surface area contributed by atoms with E-state index in [9.17, 15) is 13.4 Å². The van der Waals surface area contributed by atoms with Crippen molar-refractivity contribution in [3.05, 3.63) is 30.1 Å². The fourth-order valence-electron chi connectivity index (χ4n) is 1.48. The molecule has 0 spiro atoms. The summed E-state index contributed by atoms with van der Waals surface area (Å²) in [7, 11) is -0.817. The van der Waals surface area contributed by atoms with E-state index in [4.69, 9.17) is 0 Å². The van der Waals surface area contributed by atoms with Crippen molar-refractivity contribution >= 4 is 22.4 Å². The lowest BCUT2D eigenvalue weighted by Crippen LogP contribution is -2.35. The number of hydrogen-bond donors (Lipinski definition) is 2. The van der Waals surface area contributed by atoms with Gasteiger partial charge in [0.05, 0.1) is 6.54 Å². The van der Waals surface area contributed by atoms with Gasteiger partial charge < -0.3 is 10.6 Å². The summed E-state index contributed by atoms with van der Waals surface area (Å²) in [6.45, 7) is 2.08. The Bertz CT molecular complexity index is 454. The number of carbonyl (C=O) groups is 1. The largest absolute Gasteiger partial charge is 0.325 e. The van der Waals surface area contributed by atoms with Crippen molar-refractivity contribution in [3.63, 3.8) is 0 Å². The summed E-state index contributed by atoms with van der Waals surface area (Å²) >= 11 is 0. The summed E-state index contributed by atoms with van der Waals surface area (Å²) in [6, 6.07) is 5.87. The maximum absolute atomic E-state index is 12.9. The molecule has 2 N–H and O–H groups in total. The number of rotatable bonds is 7. The van der Waals surface area contributed by atoms with Gasteiger partial charge in [-0.2, -0.15) is 0 Å². The average molecular weight is 286 g/mol. The van der Waals surface area contributed by atoms with Crippen molar-refractivity contribution in [2.24, 2.45) is 0 Å². The Balaban J connectivity index is 2.30. The van der Waals surface area contributed by atoms with Crippen LogP contribution in [0.15, 0.2) is 24.3 Å². The molecule has 106 valence electrons. The van der Waals surface area contributed by atoms with Gasteiger partial charge in [0.25, 0.3) is 0 Å². The topological polar surface area (TPSA) is 58.2 Å². The van der Waals surface area contributed by atoms with Crippen LogP contribution in [-0.2, 0) is 15.6 Å². The number of halogens is 1. The molecule has 0 saturated heterocycles. The molecule has 0 radical (unpaired) electrons. The van der Waals surface area contributed by atoms with Crippen LogP contribution in [0.1, 0.15) is 13.3 Å². The second-order valence-corrected chi connectivity index (χ2v) is 5.96. The minimum absolute atomic E-state index is 0.113. The number of benzene rings is 1. The van der Waals surface area contributed by atoms with Crippen LogP contribution in [0.25, 0.3) is 0 Å². The van der Waals surface area contributed by atoms with Gasteiger partial charge in [0.1, 0.15) is 5.82 Å². The highest BCUT2D eigenvalue weighted by molar-refractivity contribution is 7.84. The Morgan fingerprint density at radius 2 is 2.21 bits per heavy atom. The van der Waals surface area contributed by atoms with Crippen molar-refractivity contribution in [1.29, 1.82) is 0 Å². The van der Waals surface area contributed by atoms with Crippen LogP contribution >= 0.6 is 0 Å². The Kier molecular flexibility index (Phi) is 6.66. The van der Waals surface area contributed by atoms with Gasteiger partial charge in [0.2, 0.25) is 5.91 Å². The number of hydrogen-bond acceptors (Lipinski definition) is 3. The first kappa shape index (κ1) is 15.8. The smallest absolute Gasteiger partial charge is 0.238 e. The minimum Gasteiger partial charge on any atom is -0.325 e. The normalized spacial score (nSPS) is 13.8. The monoisotopic (exact) mass is 286 g/mol. The predicted octanol–water partition coefficient (Wildman–Crippen LogP) is 1.51. The highest BCUT2D eigenvalue weighted by atomic mass is 32.2. The summed E-state index contributed by atoms with van der Waals surface area (Å²) in [5.41, 5.74) is 0.439. The molecular weight excluding hydrogens is 267 g/mol. The molecule has 1 rings (SSSR count). The van der Waals surface area contributed by atoms with Crippen molar-refractivity contribution in [2.75, 3.05) is 23.9 Å². The third-order valence-corrected chi connectivity index (χ3v) is 3.37. The van der Waals surface area contributed by atoms with Gasteiger partial charge in [-0.05, 0) is 31.5 Å². The first-order valence-electron chi connectivity index (χ1n) is 6.06. The molecule has 0 fully saturated rings. The van der Waals surface area contributed by atoms with E-state index >= 15 is 0 Å². The maximum Gasteiger partial charge on any atom is 0.238 e. The average Bonchev–Trinajstić information content (AvgIpc) is 2.34. The zero-order chi connectivity index (χ0) is 14.3. The van der Waals surface area contributed by atoms with Crippen molar-refractivity contribution in [1.82, 2.24) is 5.32 Å². The number of anilines is 1. The van der Waals surface area contributed by atoms with Crippen LogP contribution < -0.4 is 10.6 Å². The number of nitrogens with one attached hydrogen (secondary N) is 2. The molecule has 1 aromatic rings. The molecule has 2 atom stereocenters. The molecule has 19 heavy (non-hydrogen) atoms. The van der Waals surface area contributed by atoms with Crippen molar-refractivity contribution in [3.8, 4) is 0 Å². The van der Waals surface area contributed by atoms with E-state index in [1.807, 2.05) is 6.92 Å². The van der Waals surface area contributed by atoms with E-state index in [-0.39, 0.29) is 24.3 Å². The summed E-state index contributed by atoms with van der Waals surface area (Å²) in [5, 5.41) is 5.63. The number of carbonyl (C=O) groups excluding carboxylic acids is 1. The second-order valence-electron chi connectivity index (χ2n) is 4.41. The van der Waals surface area contributed by atoms with Crippen LogP contribution in [-0.4, -0.2) is 34.7 Å². The summed E-state index contributed by atoms with van der Waals surface area (Å²) in [6.07, 6.45) is 2.40. The molecule has 0 bridgehead atoms. The van der Waals surface area contributed by atoms with Crippen LogP contribution in [0.3, 0.4) is 0 Å². The maximum atomic E-state index is 12.9.